The van der Waals surface area contributed by atoms with Gasteiger partial charge in [0.2, 0.25) is 5.91 Å². The van der Waals surface area contributed by atoms with Crippen molar-refractivity contribution in [2.24, 2.45) is 5.92 Å². The summed E-state index contributed by atoms with van der Waals surface area (Å²) in [7, 11) is 0. The minimum atomic E-state index is -0.497. The first-order valence-corrected chi connectivity index (χ1v) is 8.18. The third-order valence-corrected chi connectivity index (χ3v) is 4.84. The van der Waals surface area contributed by atoms with Crippen LogP contribution in [-0.2, 0) is 16.0 Å². The fourth-order valence-electron chi connectivity index (χ4n) is 3.66. The van der Waals surface area contributed by atoms with E-state index >= 15 is 0 Å². The Morgan fingerprint density at radius 3 is 2.88 bits per heavy atom. The minimum absolute atomic E-state index is 0.0964. The molecule has 1 aromatic rings. The summed E-state index contributed by atoms with van der Waals surface area (Å²) in [5, 5.41) is 0. The normalized spacial score (nSPS) is 24.1. The summed E-state index contributed by atoms with van der Waals surface area (Å²) in [6.07, 6.45) is 5.74. The zero-order chi connectivity index (χ0) is 17.7. The summed E-state index contributed by atoms with van der Waals surface area (Å²) < 4.78 is 19.5. The number of Topliss-reactive ketones (excluding diaryl/α,β-unsaturated/α-hetero) is 1. The molecule has 6 heteroatoms. The molecule has 0 saturated carbocycles. The van der Waals surface area contributed by atoms with Crippen molar-refractivity contribution in [2.75, 3.05) is 6.54 Å². The lowest BCUT2D eigenvalue weighted by atomic mass is 9.94. The Hall–Kier alpha value is -2.76. The van der Waals surface area contributed by atoms with Gasteiger partial charge in [-0.1, -0.05) is 18.2 Å². The SMILES string of the molecule is CC(=O)c1cc(F)cc2c1OC(CN1C(=O)C3=CC=CCC3C1=O)C2. The molecule has 2 aliphatic heterocycles. The van der Waals surface area contributed by atoms with Crippen molar-refractivity contribution in [3.63, 3.8) is 0 Å². The summed E-state index contributed by atoms with van der Waals surface area (Å²) in [5.74, 6) is -1.35. The number of halogens is 1. The number of carbonyl (C=O) groups excluding carboxylic acids is 3. The second-order valence-electron chi connectivity index (χ2n) is 6.53. The van der Waals surface area contributed by atoms with Crippen LogP contribution in [0.5, 0.6) is 5.75 Å². The van der Waals surface area contributed by atoms with E-state index in [1.54, 1.807) is 12.2 Å². The number of rotatable bonds is 3. The number of hydrogen-bond donors (Lipinski definition) is 0. The van der Waals surface area contributed by atoms with Gasteiger partial charge in [-0.15, -0.1) is 0 Å². The number of benzene rings is 1. The van der Waals surface area contributed by atoms with Crippen LogP contribution in [0.15, 0.2) is 35.9 Å². The van der Waals surface area contributed by atoms with E-state index in [9.17, 15) is 18.8 Å². The quantitative estimate of drug-likeness (QED) is 0.625. The predicted molar refractivity (Wildman–Crippen MR) is 86.6 cm³/mol. The van der Waals surface area contributed by atoms with E-state index in [0.29, 0.717) is 29.7 Å². The number of allylic oxidation sites excluding steroid dienone is 3. The van der Waals surface area contributed by atoms with Crippen LogP contribution >= 0.6 is 0 Å². The van der Waals surface area contributed by atoms with Crippen molar-refractivity contribution < 1.29 is 23.5 Å². The lowest BCUT2D eigenvalue weighted by Crippen LogP contribution is -2.39. The molecule has 0 aromatic heterocycles. The Bertz CT molecular complexity index is 870. The number of hydrogen-bond acceptors (Lipinski definition) is 4. The molecular formula is C19H16FNO4. The van der Waals surface area contributed by atoms with E-state index in [0.717, 1.165) is 6.07 Å². The molecule has 2 amide bonds. The zero-order valence-electron chi connectivity index (χ0n) is 13.6. The molecule has 0 radical (unpaired) electrons. The van der Waals surface area contributed by atoms with Crippen molar-refractivity contribution in [1.82, 2.24) is 4.90 Å². The maximum atomic E-state index is 13.7. The first-order valence-electron chi connectivity index (χ1n) is 8.18. The average Bonchev–Trinajstić information content (AvgIpc) is 3.09. The van der Waals surface area contributed by atoms with Gasteiger partial charge in [-0.3, -0.25) is 19.3 Å². The Morgan fingerprint density at radius 2 is 2.16 bits per heavy atom. The molecule has 5 nitrogen and oxygen atoms in total. The summed E-state index contributed by atoms with van der Waals surface area (Å²) in [4.78, 5) is 37.9. The van der Waals surface area contributed by atoms with Gasteiger partial charge in [0.1, 0.15) is 17.7 Å². The molecule has 2 unspecified atom stereocenters. The van der Waals surface area contributed by atoms with Crippen LogP contribution in [0.3, 0.4) is 0 Å². The maximum Gasteiger partial charge on any atom is 0.257 e. The summed E-state index contributed by atoms with van der Waals surface area (Å²) in [5.41, 5.74) is 1.29. The number of ketones is 1. The topological polar surface area (TPSA) is 63.7 Å². The van der Waals surface area contributed by atoms with Crippen molar-refractivity contribution in [3.05, 3.63) is 52.9 Å². The van der Waals surface area contributed by atoms with Gasteiger partial charge in [0.15, 0.2) is 5.78 Å². The second-order valence-corrected chi connectivity index (χ2v) is 6.53. The van der Waals surface area contributed by atoms with Gasteiger partial charge in [0, 0.05) is 17.6 Å². The number of likely N-dealkylation sites (tertiary alicyclic amines) is 1. The molecule has 25 heavy (non-hydrogen) atoms. The van der Waals surface area contributed by atoms with E-state index in [4.69, 9.17) is 4.74 Å². The molecule has 0 bridgehead atoms. The van der Waals surface area contributed by atoms with Gasteiger partial charge < -0.3 is 4.74 Å². The Morgan fingerprint density at radius 1 is 1.36 bits per heavy atom. The first-order chi connectivity index (χ1) is 12.0. The molecule has 0 N–H and O–H groups in total. The van der Waals surface area contributed by atoms with Crippen molar-refractivity contribution in [2.45, 2.75) is 25.9 Å². The number of ether oxygens (including phenoxy) is 1. The molecule has 1 fully saturated rings. The smallest absolute Gasteiger partial charge is 0.257 e. The highest BCUT2D eigenvalue weighted by molar-refractivity contribution is 6.15. The molecule has 2 heterocycles. The highest BCUT2D eigenvalue weighted by atomic mass is 19.1. The Kier molecular flexibility index (Phi) is 3.56. The lowest BCUT2D eigenvalue weighted by molar-refractivity contribution is -0.140. The predicted octanol–water partition coefficient (Wildman–Crippen LogP) is 2.20. The molecule has 0 spiro atoms. The van der Waals surface area contributed by atoms with Crippen LogP contribution in [0.4, 0.5) is 4.39 Å². The fourth-order valence-corrected chi connectivity index (χ4v) is 3.66. The van der Waals surface area contributed by atoms with Crippen LogP contribution in [0.1, 0.15) is 29.3 Å². The third-order valence-electron chi connectivity index (χ3n) is 4.84. The average molecular weight is 341 g/mol. The number of imide groups is 1. The molecule has 3 aliphatic rings. The third kappa shape index (κ3) is 2.49. The number of fused-ring (bicyclic) bond motifs is 2. The van der Waals surface area contributed by atoms with E-state index in [1.807, 2.05) is 6.08 Å². The molecule has 128 valence electrons. The van der Waals surface area contributed by atoms with E-state index < -0.39 is 17.8 Å². The summed E-state index contributed by atoms with van der Waals surface area (Å²) >= 11 is 0. The van der Waals surface area contributed by atoms with Gasteiger partial charge >= 0.3 is 0 Å². The zero-order valence-corrected chi connectivity index (χ0v) is 13.6. The molecule has 4 rings (SSSR count). The van der Waals surface area contributed by atoms with E-state index in [2.05, 4.69) is 0 Å². The molecule has 1 aliphatic carbocycles. The summed E-state index contributed by atoms with van der Waals surface area (Å²) in [6, 6.07) is 2.49. The van der Waals surface area contributed by atoms with Crippen molar-refractivity contribution >= 4 is 17.6 Å². The van der Waals surface area contributed by atoms with Crippen LogP contribution in [0.25, 0.3) is 0 Å². The molecule has 1 saturated heterocycles. The van der Waals surface area contributed by atoms with E-state index in [1.165, 1.54) is 17.9 Å². The highest BCUT2D eigenvalue weighted by Gasteiger charge is 2.44. The number of nitrogens with zero attached hydrogens (tertiary/aromatic N) is 1. The first kappa shape index (κ1) is 15.7. The van der Waals surface area contributed by atoms with Gasteiger partial charge in [-0.25, -0.2) is 4.39 Å². The van der Waals surface area contributed by atoms with Gasteiger partial charge in [-0.05, 0) is 25.5 Å². The number of carbonyl (C=O) groups is 3. The second kappa shape index (κ2) is 5.65. The van der Waals surface area contributed by atoms with E-state index in [-0.39, 0.29) is 29.7 Å². The lowest BCUT2D eigenvalue weighted by Gasteiger charge is -2.19. The minimum Gasteiger partial charge on any atom is -0.487 e. The van der Waals surface area contributed by atoms with Crippen LogP contribution < -0.4 is 4.74 Å². The van der Waals surface area contributed by atoms with Gasteiger partial charge in [0.05, 0.1) is 18.0 Å². The van der Waals surface area contributed by atoms with Gasteiger partial charge in [0.25, 0.3) is 5.91 Å². The molecular weight excluding hydrogens is 325 g/mol. The maximum absolute atomic E-state index is 13.7. The number of amides is 2. The highest BCUT2D eigenvalue weighted by Crippen LogP contribution is 2.36. The molecule has 1 aromatic carbocycles. The van der Waals surface area contributed by atoms with Crippen LogP contribution in [0, 0.1) is 11.7 Å². The van der Waals surface area contributed by atoms with Crippen molar-refractivity contribution in [1.29, 1.82) is 0 Å². The Balaban J connectivity index is 1.56. The monoisotopic (exact) mass is 341 g/mol. The van der Waals surface area contributed by atoms with Gasteiger partial charge in [-0.2, -0.15) is 0 Å². The standard InChI is InChI=1S/C19H16FNO4/c1-10(22)16-8-12(20)6-11-7-13(25-17(11)16)9-21-18(23)14-4-2-3-5-15(14)19(21)24/h2-4,6,8,13,15H,5,7,9H2,1H3. The van der Waals surface area contributed by atoms with Crippen LogP contribution in [-0.4, -0.2) is 35.1 Å². The largest absolute Gasteiger partial charge is 0.487 e. The van der Waals surface area contributed by atoms with Crippen molar-refractivity contribution in [3.8, 4) is 5.75 Å². The molecule has 2 atom stereocenters. The fraction of sp³-hybridized carbons (Fsp3) is 0.316. The Labute approximate surface area is 143 Å². The summed E-state index contributed by atoms with van der Waals surface area (Å²) in [6.45, 7) is 1.45. The van der Waals surface area contributed by atoms with Crippen LogP contribution in [0.2, 0.25) is 0 Å².